The van der Waals surface area contributed by atoms with E-state index in [2.05, 4.69) is 5.32 Å². The van der Waals surface area contributed by atoms with Crippen molar-refractivity contribution in [3.8, 4) is 5.75 Å². The molecule has 3 nitrogen and oxygen atoms in total. The SMILES string of the molecule is CC(C)Oc1ccccc1NC(=O)C1CC1c1ccccc1Cl. The van der Waals surface area contributed by atoms with E-state index in [1.807, 2.05) is 62.4 Å². The predicted octanol–water partition coefficient (Wildman–Crippen LogP) is 4.87. The maximum atomic E-state index is 12.5. The number of anilines is 1. The van der Waals surface area contributed by atoms with Crippen molar-refractivity contribution in [2.45, 2.75) is 32.3 Å². The van der Waals surface area contributed by atoms with Gasteiger partial charge in [-0.25, -0.2) is 0 Å². The molecule has 0 heterocycles. The summed E-state index contributed by atoms with van der Waals surface area (Å²) in [7, 11) is 0. The van der Waals surface area contributed by atoms with Gasteiger partial charge in [-0.2, -0.15) is 0 Å². The third kappa shape index (κ3) is 3.67. The number of ether oxygens (including phenoxy) is 1. The van der Waals surface area contributed by atoms with Crippen LogP contribution in [-0.4, -0.2) is 12.0 Å². The van der Waals surface area contributed by atoms with Crippen LogP contribution in [0.15, 0.2) is 48.5 Å². The van der Waals surface area contributed by atoms with Crippen LogP contribution in [0.5, 0.6) is 5.75 Å². The van der Waals surface area contributed by atoms with E-state index < -0.39 is 0 Å². The number of nitrogens with one attached hydrogen (secondary N) is 1. The number of halogens is 1. The second-order valence-corrected chi connectivity index (χ2v) is 6.53. The Labute approximate surface area is 141 Å². The number of amides is 1. The van der Waals surface area contributed by atoms with Crippen molar-refractivity contribution in [2.24, 2.45) is 5.92 Å². The van der Waals surface area contributed by atoms with Gasteiger partial charge in [0.25, 0.3) is 0 Å². The fraction of sp³-hybridized carbons (Fsp3) is 0.316. The van der Waals surface area contributed by atoms with Crippen LogP contribution < -0.4 is 10.1 Å². The molecule has 2 unspecified atom stereocenters. The molecule has 2 aromatic rings. The third-order valence-electron chi connectivity index (χ3n) is 3.94. The Morgan fingerprint density at radius 1 is 1.17 bits per heavy atom. The minimum absolute atomic E-state index is 0.0229. The van der Waals surface area contributed by atoms with E-state index in [1.54, 1.807) is 0 Å². The quantitative estimate of drug-likeness (QED) is 0.849. The summed E-state index contributed by atoms with van der Waals surface area (Å²) in [5.74, 6) is 0.907. The molecule has 1 N–H and O–H groups in total. The number of rotatable bonds is 5. The van der Waals surface area contributed by atoms with Crippen LogP contribution in [0.3, 0.4) is 0 Å². The molecule has 0 spiro atoms. The van der Waals surface area contributed by atoms with Crippen molar-refractivity contribution in [1.82, 2.24) is 0 Å². The summed E-state index contributed by atoms with van der Waals surface area (Å²) in [5, 5.41) is 3.72. The Morgan fingerprint density at radius 3 is 2.61 bits per heavy atom. The van der Waals surface area contributed by atoms with Crippen LogP contribution in [-0.2, 0) is 4.79 Å². The van der Waals surface area contributed by atoms with Crippen molar-refractivity contribution in [3.63, 3.8) is 0 Å². The van der Waals surface area contributed by atoms with Crippen molar-refractivity contribution in [3.05, 3.63) is 59.1 Å². The molecule has 0 bridgehead atoms. The summed E-state index contributed by atoms with van der Waals surface area (Å²) in [6, 6.07) is 15.3. The lowest BCUT2D eigenvalue weighted by Gasteiger charge is -2.14. The lowest BCUT2D eigenvalue weighted by molar-refractivity contribution is -0.117. The molecule has 23 heavy (non-hydrogen) atoms. The maximum Gasteiger partial charge on any atom is 0.228 e. The summed E-state index contributed by atoms with van der Waals surface area (Å²) < 4.78 is 5.74. The highest BCUT2D eigenvalue weighted by atomic mass is 35.5. The fourth-order valence-corrected chi connectivity index (χ4v) is 3.03. The van der Waals surface area contributed by atoms with Gasteiger partial charge < -0.3 is 10.1 Å². The van der Waals surface area contributed by atoms with Crippen molar-refractivity contribution in [1.29, 1.82) is 0 Å². The van der Waals surface area contributed by atoms with Crippen LogP contribution in [0.25, 0.3) is 0 Å². The van der Waals surface area contributed by atoms with Crippen LogP contribution in [0.1, 0.15) is 31.7 Å². The zero-order valence-corrected chi connectivity index (χ0v) is 14.0. The average molecular weight is 330 g/mol. The Hall–Kier alpha value is -2.00. The smallest absolute Gasteiger partial charge is 0.228 e. The molecule has 4 heteroatoms. The molecule has 1 saturated carbocycles. The largest absolute Gasteiger partial charge is 0.489 e. The summed E-state index contributed by atoms with van der Waals surface area (Å²) >= 11 is 6.22. The van der Waals surface area contributed by atoms with E-state index in [9.17, 15) is 4.79 Å². The zero-order chi connectivity index (χ0) is 16.4. The molecule has 2 aromatic carbocycles. The van der Waals surface area contributed by atoms with Crippen LogP contribution in [0.2, 0.25) is 5.02 Å². The Balaban J connectivity index is 1.69. The molecule has 0 aromatic heterocycles. The first-order valence-electron chi connectivity index (χ1n) is 7.87. The van der Waals surface area contributed by atoms with E-state index in [1.165, 1.54) is 0 Å². The van der Waals surface area contributed by atoms with Gasteiger partial charge in [0.05, 0.1) is 11.8 Å². The highest BCUT2D eigenvalue weighted by Crippen LogP contribution is 2.50. The zero-order valence-electron chi connectivity index (χ0n) is 13.3. The van der Waals surface area contributed by atoms with E-state index in [-0.39, 0.29) is 23.8 Å². The van der Waals surface area contributed by atoms with Gasteiger partial charge >= 0.3 is 0 Å². The lowest BCUT2D eigenvalue weighted by Crippen LogP contribution is -2.16. The van der Waals surface area contributed by atoms with Crippen molar-refractivity contribution >= 4 is 23.2 Å². The monoisotopic (exact) mass is 329 g/mol. The molecule has 0 radical (unpaired) electrons. The predicted molar refractivity (Wildman–Crippen MR) is 93.1 cm³/mol. The van der Waals surface area contributed by atoms with Gasteiger partial charge in [-0.1, -0.05) is 41.9 Å². The number of carbonyl (C=O) groups excluding carboxylic acids is 1. The van der Waals surface area contributed by atoms with E-state index >= 15 is 0 Å². The standard InChI is InChI=1S/C19H20ClNO2/c1-12(2)23-18-10-6-5-9-17(18)21-19(22)15-11-14(15)13-7-3-4-8-16(13)20/h3-10,12,14-15H,11H2,1-2H3,(H,21,22). The van der Waals surface area contributed by atoms with Crippen LogP contribution in [0.4, 0.5) is 5.69 Å². The van der Waals surface area contributed by atoms with Gasteiger partial charge in [0.1, 0.15) is 5.75 Å². The normalized spacial score (nSPS) is 19.5. The van der Waals surface area contributed by atoms with Crippen LogP contribution in [0, 0.1) is 5.92 Å². The Morgan fingerprint density at radius 2 is 1.87 bits per heavy atom. The fourth-order valence-electron chi connectivity index (χ4n) is 2.76. The van der Waals surface area contributed by atoms with Crippen LogP contribution >= 0.6 is 11.6 Å². The molecule has 1 aliphatic rings. The number of carbonyl (C=O) groups is 1. The molecule has 120 valence electrons. The first-order valence-corrected chi connectivity index (χ1v) is 8.25. The van der Waals surface area contributed by atoms with E-state index in [0.29, 0.717) is 5.75 Å². The topological polar surface area (TPSA) is 38.3 Å². The molecule has 2 atom stereocenters. The molecular formula is C19H20ClNO2. The first kappa shape index (κ1) is 15.9. The van der Waals surface area contributed by atoms with E-state index in [4.69, 9.17) is 16.3 Å². The minimum atomic E-state index is -0.0259. The first-order chi connectivity index (χ1) is 11.1. The summed E-state index contributed by atoms with van der Waals surface area (Å²) in [5.41, 5.74) is 1.78. The molecule has 0 aliphatic heterocycles. The molecule has 1 aliphatic carbocycles. The summed E-state index contributed by atoms with van der Waals surface area (Å²) in [6.45, 7) is 3.93. The molecule has 3 rings (SSSR count). The third-order valence-corrected chi connectivity index (χ3v) is 4.28. The molecule has 1 amide bonds. The summed E-state index contributed by atoms with van der Waals surface area (Å²) in [6.07, 6.45) is 0.896. The molecular weight excluding hydrogens is 310 g/mol. The van der Waals surface area contributed by atoms with Gasteiger partial charge in [0.15, 0.2) is 0 Å². The minimum Gasteiger partial charge on any atom is -0.489 e. The number of benzene rings is 2. The second-order valence-electron chi connectivity index (χ2n) is 6.12. The average Bonchev–Trinajstić information content (AvgIpc) is 3.29. The maximum absolute atomic E-state index is 12.5. The lowest BCUT2D eigenvalue weighted by atomic mass is 10.1. The van der Waals surface area contributed by atoms with Crippen molar-refractivity contribution < 1.29 is 9.53 Å². The van der Waals surface area contributed by atoms with Crippen molar-refractivity contribution in [2.75, 3.05) is 5.32 Å². The Bertz CT molecular complexity index is 714. The Kier molecular flexibility index (Phi) is 4.58. The van der Waals surface area contributed by atoms with Gasteiger partial charge in [-0.15, -0.1) is 0 Å². The van der Waals surface area contributed by atoms with Gasteiger partial charge in [0.2, 0.25) is 5.91 Å². The molecule has 0 saturated heterocycles. The number of para-hydroxylation sites is 2. The molecule has 1 fully saturated rings. The van der Waals surface area contributed by atoms with Gasteiger partial charge in [-0.3, -0.25) is 4.79 Å². The summed E-state index contributed by atoms with van der Waals surface area (Å²) in [4.78, 5) is 12.5. The highest BCUT2D eigenvalue weighted by Gasteiger charge is 2.44. The number of hydrogen-bond donors (Lipinski definition) is 1. The van der Waals surface area contributed by atoms with Gasteiger partial charge in [0, 0.05) is 10.9 Å². The van der Waals surface area contributed by atoms with Gasteiger partial charge in [-0.05, 0) is 49.9 Å². The van der Waals surface area contributed by atoms with E-state index in [0.717, 1.165) is 22.7 Å². The highest BCUT2D eigenvalue weighted by molar-refractivity contribution is 6.31. The second kappa shape index (κ2) is 6.63. The number of hydrogen-bond acceptors (Lipinski definition) is 2.